The van der Waals surface area contributed by atoms with Crippen molar-refractivity contribution >= 4 is 11.6 Å². The summed E-state index contributed by atoms with van der Waals surface area (Å²) in [5.41, 5.74) is 1.04. The number of rotatable bonds is 6. The quantitative estimate of drug-likeness (QED) is 0.650. The van der Waals surface area contributed by atoms with E-state index in [2.05, 4.69) is 10.4 Å². The molecule has 0 unspecified atom stereocenters. The van der Waals surface area contributed by atoms with E-state index in [1.165, 1.54) is 17.7 Å². The van der Waals surface area contributed by atoms with Gasteiger partial charge in [0.15, 0.2) is 0 Å². The second-order valence-electron chi connectivity index (χ2n) is 5.13. The molecule has 0 atom stereocenters. The summed E-state index contributed by atoms with van der Waals surface area (Å²) in [6.07, 6.45) is 0.371. The fourth-order valence-electron chi connectivity index (χ4n) is 2.34. The molecule has 0 aliphatic carbocycles. The van der Waals surface area contributed by atoms with Crippen LogP contribution in [0.15, 0.2) is 24.3 Å². The van der Waals surface area contributed by atoms with Crippen molar-refractivity contribution in [2.75, 3.05) is 6.54 Å². The van der Waals surface area contributed by atoms with Crippen molar-refractivity contribution in [2.24, 2.45) is 0 Å². The van der Waals surface area contributed by atoms with Crippen LogP contribution in [0.5, 0.6) is 0 Å². The average Bonchev–Trinajstić information content (AvgIpc) is 2.75. The number of carbonyl (C=O) groups is 1. The summed E-state index contributed by atoms with van der Waals surface area (Å²) in [6.45, 7) is 3.24. The van der Waals surface area contributed by atoms with Gasteiger partial charge in [-0.25, -0.2) is 4.39 Å². The van der Waals surface area contributed by atoms with E-state index in [0.717, 1.165) is 0 Å². The standard InChI is InChI=1S/C15H17FN4O3/c1-10-15(20(22)23)11(2)19(18-10)9-14(21)17-8-7-12-5-3-4-6-13(12)16/h3-6H,7-9H2,1-2H3,(H,17,21). The van der Waals surface area contributed by atoms with Gasteiger partial charge in [0.1, 0.15) is 23.7 Å². The van der Waals surface area contributed by atoms with Crippen LogP contribution < -0.4 is 5.32 Å². The second kappa shape index (κ2) is 6.99. The third-order valence-electron chi connectivity index (χ3n) is 3.49. The minimum Gasteiger partial charge on any atom is -0.354 e. The number of nitrogens with one attached hydrogen (secondary N) is 1. The summed E-state index contributed by atoms with van der Waals surface area (Å²) >= 11 is 0. The molecule has 2 rings (SSSR count). The van der Waals surface area contributed by atoms with Crippen LogP contribution >= 0.6 is 0 Å². The molecule has 0 fully saturated rings. The normalized spacial score (nSPS) is 10.6. The Hall–Kier alpha value is -2.77. The van der Waals surface area contributed by atoms with Crippen LogP contribution in [0.25, 0.3) is 0 Å². The Kier molecular flexibility index (Phi) is 5.05. The Bertz CT molecular complexity index is 742. The first-order valence-corrected chi connectivity index (χ1v) is 7.08. The Balaban J connectivity index is 1.92. The van der Waals surface area contributed by atoms with E-state index in [1.807, 2.05) is 0 Å². The monoisotopic (exact) mass is 320 g/mol. The molecule has 0 aliphatic rings. The van der Waals surface area contributed by atoms with Crippen molar-refractivity contribution in [3.8, 4) is 0 Å². The Morgan fingerprint density at radius 2 is 2.09 bits per heavy atom. The SMILES string of the molecule is Cc1nn(CC(=O)NCCc2ccccc2F)c(C)c1[N+](=O)[O-]. The van der Waals surface area contributed by atoms with Gasteiger partial charge in [-0.3, -0.25) is 19.6 Å². The first kappa shape index (κ1) is 16.6. The number of hydrogen-bond donors (Lipinski definition) is 1. The third-order valence-corrected chi connectivity index (χ3v) is 3.49. The topological polar surface area (TPSA) is 90.1 Å². The Morgan fingerprint density at radius 3 is 2.70 bits per heavy atom. The van der Waals surface area contributed by atoms with Crippen LogP contribution in [-0.2, 0) is 17.8 Å². The molecule has 0 saturated heterocycles. The lowest BCUT2D eigenvalue weighted by atomic mass is 10.1. The minimum absolute atomic E-state index is 0.0795. The van der Waals surface area contributed by atoms with Crippen LogP contribution in [0, 0.1) is 29.8 Å². The smallest absolute Gasteiger partial charge is 0.312 e. The van der Waals surface area contributed by atoms with E-state index in [0.29, 0.717) is 17.7 Å². The van der Waals surface area contributed by atoms with E-state index in [1.54, 1.807) is 25.1 Å². The number of nitro groups is 1. The molecule has 1 amide bonds. The van der Waals surface area contributed by atoms with Gasteiger partial charge >= 0.3 is 5.69 Å². The molecule has 1 aromatic carbocycles. The largest absolute Gasteiger partial charge is 0.354 e. The molecule has 1 heterocycles. The summed E-state index contributed by atoms with van der Waals surface area (Å²) in [5.74, 6) is -0.641. The molecule has 0 radical (unpaired) electrons. The van der Waals surface area contributed by atoms with Gasteiger partial charge in [-0.2, -0.15) is 5.10 Å². The summed E-state index contributed by atoms with van der Waals surface area (Å²) in [6, 6.07) is 6.36. The third kappa shape index (κ3) is 3.91. The highest BCUT2D eigenvalue weighted by molar-refractivity contribution is 5.75. The van der Waals surface area contributed by atoms with E-state index in [4.69, 9.17) is 0 Å². The molecule has 8 heteroatoms. The van der Waals surface area contributed by atoms with Crippen molar-refractivity contribution in [2.45, 2.75) is 26.8 Å². The molecule has 122 valence electrons. The summed E-state index contributed by atoms with van der Waals surface area (Å²) in [4.78, 5) is 22.3. The van der Waals surface area contributed by atoms with E-state index in [-0.39, 0.29) is 36.2 Å². The molecule has 2 aromatic rings. The summed E-state index contributed by atoms with van der Waals surface area (Å²) in [7, 11) is 0. The van der Waals surface area contributed by atoms with Gasteiger partial charge in [0.05, 0.1) is 4.92 Å². The van der Waals surface area contributed by atoms with E-state index < -0.39 is 4.92 Å². The zero-order chi connectivity index (χ0) is 17.0. The van der Waals surface area contributed by atoms with Crippen LogP contribution in [0.1, 0.15) is 17.0 Å². The summed E-state index contributed by atoms with van der Waals surface area (Å²) < 4.78 is 14.7. The second-order valence-corrected chi connectivity index (χ2v) is 5.13. The molecule has 0 saturated carbocycles. The van der Waals surface area contributed by atoms with Gasteiger partial charge in [-0.15, -0.1) is 0 Å². The molecule has 0 aliphatic heterocycles. The van der Waals surface area contributed by atoms with Gasteiger partial charge in [0, 0.05) is 6.54 Å². The number of aromatic nitrogens is 2. The number of carbonyl (C=O) groups excluding carboxylic acids is 1. The van der Waals surface area contributed by atoms with Crippen molar-refractivity contribution in [3.05, 3.63) is 57.1 Å². The van der Waals surface area contributed by atoms with Gasteiger partial charge in [-0.1, -0.05) is 18.2 Å². The maximum Gasteiger partial charge on any atom is 0.312 e. The van der Waals surface area contributed by atoms with Crippen molar-refractivity contribution in [1.29, 1.82) is 0 Å². The predicted molar refractivity (Wildman–Crippen MR) is 81.5 cm³/mol. The first-order chi connectivity index (χ1) is 10.9. The van der Waals surface area contributed by atoms with E-state index in [9.17, 15) is 19.3 Å². The van der Waals surface area contributed by atoms with E-state index >= 15 is 0 Å². The Labute approximate surface area is 132 Å². The zero-order valence-electron chi connectivity index (χ0n) is 12.9. The molecular formula is C15H17FN4O3. The fourth-order valence-corrected chi connectivity index (χ4v) is 2.34. The summed E-state index contributed by atoms with van der Waals surface area (Å²) in [5, 5.41) is 17.6. The van der Waals surface area contributed by atoms with Gasteiger partial charge in [-0.05, 0) is 31.9 Å². The molecule has 0 bridgehead atoms. The van der Waals surface area contributed by atoms with Crippen molar-refractivity contribution in [1.82, 2.24) is 15.1 Å². The molecular weight excluding hydrogens is 303 g/mol. The Morgan fingerprint density at radius 1 is 1.39 bits per heavy atom. The minimum atomic E-state index is -0.510. The lowest BCUT2D eigenvalue weighted by Crippen LogP contribution is -2.30. The van der Waals surface area contributed by atoms with Gasteiger partial charge in [0.2, 0.25) is 5.91 Å². The number of halogens is 1. The van der Waals surface area contributed by atoms with Crippen LogP contribution in [-0.4, -0.2) is 27.2 Å². The maximum absolute atomic E-state index is 13.4. The molecule has 7 nitrogen and oxygen atoms in total. The number of hydrogen-bond acceptors (Lipinski definition) is 4. The number of benzene rings is 1. The van der Waals surface area contributed by atoms with Crippen LogP contribution in [0.2, 0.25) is 0 Å². The fraction of sp³-hybridized carbons (Fsp3) is 0.333. The first-order valence-electron chi connectivity index (χ1n) is 7.08. The highest BCUT2D eigenvalue weighted by Crippen LogP contribution is 2.21. The molecule has 1 aromatic heterocycles. The molecule has 0 spiro atoms. The average molecular weight is 320 g/mol. The number of aryl methyl sites for hydroxylation is 1. The van der Waals surface area contributed by atoms with Crippen molar-refractivity contribution < 1.29 is 14.1 Å². The zero-order valence-corrected chi connectivity index (χ0v) is 12.9. The van der Waals surface area contributed by atoms with Crippen molar-refractivity contribution in [3.63, 3.8) is 0 Å². The number of amides is 1. The lowest BCUT2D eigenvalue weighted by Gasteiger charge is -2.07. The molecule has 23 heavy (non-hydrogen) atoms. The van der Waals surface area contributed by atoms with Gasteiger partial charge in [0.25, 0.3) is 0 Å². The number of nitrogens with zero attached hydrogens (tertiary/aromatic N) is 3. The van der Waals surface area contributed by atoms with Crippen LogP contribution in [0.4, 0.5) is 10.1 Å². The lowest BCUT2D eigenvalue weighted by molar-refractivity contribution is -0.386. The molecule has 1 N–H and O–H groups in total. The highest BCUT2D eigenvalue weighted by Gasteiger charge is 2.22. The van der Waals surface area contributed by atoms with Crippen LogP contribution in [0.3, 0.4) is 0 Å². The predicted octanol–water partition coefficient (Wildman–Crippen LogP) is 1.91. The maximum atomic E-state index is 13.4. The van der Waals surface area contributed by atoms with Gasteiger partial charge < -0.3 is 5.32 Å². The highest BCUT2D eigenvalue weighted by atomic mass is 19.1.